The van der Waals surface area contributed by atoms with Crippen molar-refractivity contribution in [2.24, 2.45) is 0 Å². The quantitative estimate of drug-likeness (QED) is 0.580. The SMILES string of the molecule is O=C(Nc1cccc(-c2nnn[nH]2)n1)c1cc(-c2cccnc2)ccn1. The lowest BCUT2D eigenvalue weighted by Crippen LogP contribution is -2.14. The molecule has 0 aliphatic heterocycles. The molecule has 4 heterocycles. The number of pyridine rings is 3. The van der Waals surface area contributed by atoms with Crippen molar-refractivity contribution in [2.75, 3.05) is 5.32 Å². The van der Waals surface area contributed by atoms with Crippen molar-refractivity contribution in [3.05, 3.63) is 66.7 Å². The summed E-state index contributed by atoms with van der Waals surface area (Å²) in [5, 5.41) is 16.2. The molecular weight excluding hydrogens is 332 g/mol. The van der Waals surface area contributed by atoms with Gasteiger partial charge in [0.2, 0.25) is 0 Å². The Morgan fingerprint density at radius 1 is 1.04 bits per heavy atom. The second-order valence-corrected chi connectivity index (χ2v) is 5.28. The van der Waals surface area contributed by atoms with Crippen molar-refractivity contribution in [1.82, 2.24) is 35.6 Å². The van der Waals surface area contributed by atoms with E-state index in [4.69, 9.17) is 0 Å². The highest BCUT2D eigenvalue weighted by Gasteiger charge is 2.11. The monoisotopic (exact) mass is 344 g/mol. The molecule has 4 aromatic rings. The highest BCUT2D eigenvalue weighted by Crippen LogP contribution is 2.19. The van der Waals surface area contributed by atoms with E-state index in [2.05, 4.69) is 40.9 Å². The van der Waals surface area contributed by atoms with Crippen molar-refractivity contribution in [3.8, 4) is 22.6 Å². The molecule has 0 bridgehead atoms. The summed E-state index contributed by atoms with van der Waals surface area (Å²) in [4.78, 5) is 25.1. The zero-order valence-electron chi connectivity index (χ0n) is 13.4. The van der Waals surface area contributed by atoms with Crippen LogP contribution < -0.4 is 5.32 Å². The van der Waals surface area contributed by atoms with Gasteiger partial charge in [-0.2, -0.15) is 0 Å². The number of nitrogens with zero attached hydrogens (tertiary/aromatic N) is 6. The van der Waals surface area contributed by atoms with Gasteiger partial charge in [0.15, 0.2) is 5.82 Å². The fraction of sp³-hybridized carbons (Fsp3) is 0. The summed E-state index contributed by atoms with van der Waals surface area (Å²) in [6.45, 7) is 0. The summed E-state index contributed by atoms with van der Waals surface area (Å²) in [7, 11) is 0. The first-order valence-corrected chi connectivity index (χ1v) is 7.68. The Morgan fingerprint density at radius 2 is 2.00 bits per heavy atom. The zero-order chi connectivity index (χ0) is 17.8. The van der Waals surface area contributed by atoms with E-state index in [0.717, 1.165) is 11.1 Å². The number of aromatic amines is 1. The summed E-state index contributed by atoms with van der Waals surface area (Å²) in [6.07, 6.45) is 5.01. The van der Waals surface area contributed by atoms with E-state index in [1.54, 1.807) is 42.9 Å². The molecule has 0 aliphatic rings. The van der Waals surface area contributed by atoms with Crippen LogP contribution in [0.3, 0.4) is 0 Å². The van der Waals surface area contributed by atoms with Crippen molar-refractivity contribution in [1.29, 1.82) is 0 Å². The van der Waals surface area contributed by atoms with Crippen LogP contribution in [0.25, 0.3) is 22.6 Å². The van der Waals surface area contributed by atoms with Crippen LogP contribution in [0.2, 0.25) is 0 Å². The molecule has 2 N–H and O–H groups in total. The smallest absolute Gasteiger partial charge is 0.275 e. The largest absolute Gasteiger partial charge is 0.305 e. The molecule has 0 aliphatic carbocycles. The summed E-state index contributed by atoms with van der Waals surface area (Å²) >= 11 is 0. The maximum atomic E-state index is 12.5. The minimum Gasteiger partial charge on any atom is -0.305 e. The molecule has 26 heavy (non-hydrogen) atoms. The summed E-state index contributed by atoms with van der Waals surface area (Å²) < 4.78 is 0. The molecule has 0 spiro atoms. The third-order valence-electron chi connectivity index (χ3n) is 3.57. The predicted octanol–water partition coefficient (Wildman–Crippen LogP) is 1.97. The average molecular weight is 344 g/mol. The van der Waals surface area contributed by atoms with Crippen molar-refractivity contribution in [3.63, 3.8) is 0 Å². The van der Waals surface area contributed by atoms with E-state index in [9.17, 15) is 4.79 Å². The fourth-order valence-corrected chi connectivity index (χ4v) is 2.35. The van der Waals surface area contributed by atoms with Crippen molar-refractivity contribution >= 4 is 11.7 Å². The second-order valence-electron chi connectivity index (χ2n) is 5.28. The Morgan fingerprint density at radius 3 is 2.81 bits per heavy atom. The molecule has 126 valence electrons. The first-order chi connectivity index (χ1) is 12.8. The molecule has 9 heteroatoms. The fourth-order valence-electron chi connectivity index (χ4n) is 2.35. The minimum absolute atomic E-state index is 0.278. The normalized spacial score (nSPS) is 10.5. The van der Waals surface area contributed by atoms with Gasteiger partial charge < -0.3 is 5.32 Å². The van der Waals surface area contributed by atoms with Crippen LogP contribution in [0.5, 0.6) is 0 Å². The van der Waals surface area contributed by atoms with E-state index in [0.29, 0.717) is 17.3 Å². The number of amides is 1. The molecule has 0 saturated heterocycles. The van der Waals surface area contributed by atoms with Gasteiger partial charge in [-0.3, -0.25) is 14.8 Å². The third-order valence-corrected chi connectivity index (χ3v) is 3.57. The maximum Gasteiger partial charge on any atom is 0.275 e. The van der Waals surface area contributed by atoms with Crippen molar-refractivity contribution in [2.45, 2.75) is 0 Å². The Balaban J connectivity index is 1.57. The minimum atomic E-state index is -0.365. The molecule has 0 radical (unpaired) electrons. The van der Waals surface area contributed by atoms with Gasteiger partial charge >= 0.3 is 0 Å². The van der Waals surface area contributed by atoms with Gasteiger partial charge in [-0.25, -0.2) is 10.1 Å². The number of hydrogen-bond acceptors (Lipinski definition) is 7. The lowest BCUT2D eigenvalue weighted by atomic mass is 10.1. The molecule has 1 amide bonds. The third kappa shape index (κ3) is 3.26. The van der Waals surface area contributed by atoms with Gasteiger partial charge in [-0.15, -0.1) is 5.10 Å². The predicted molar refractivity (Wildman–Crippen MR) is 92.8 cm³/mol. The van der Waals surface area contributed by atoms with Crippen LogP contribution in [0, 0.1) is 0 Å². The first-order valence-electron chi connectivity index (χ1n) is 7.68. The standard InChI is InChI=1S/C17H12N8O/c26-17(14-9-11(6-8-19-14)12-3-2-7-18-10-12)21-15-5-1-4-13(20-15)16-22-24-25-23-16/h1-10H,(H,20,21,26)(H,22,23,24,25). The number of rotatable bonds is 4. The van der Waals surface area contributed by atoms with Crippen LogP contribution in [0.15, 0.2) is 61.1 Å². The van der Waals surface area contributed by atoms with E-state index in [1.807, 2.05) is 18.2 Å². The number of hydrogen-bond donors (Lipinski definition) is 2. The molecule has 4 aromatic heterocycles. The number of tetrazole rings is 1. The van der Waals surface area contributed by atoms with E-state index >= 15 is 0 Å². The van der Waals surface area contributed by atoms with Gasteiger partial charge in [0.25, 0.3) is 5.91 Å². The lowest BCUT2D eigenvalue weighted by molar-refractivity contribution is 0.102. The molecule has 0 atom stereocenters. The Hall–Kier alpha value is -4.01. The van der Waals surface area contributed by atoms with Crippen LogP contribution in [0.4, 0.5) is 5.82 Å². The Kier molecular flexibility index (Phi) is 4.09. The highest BCUT2D eigenvalue weighted by atomic mass is 16.1. The number of nitrogens with one attached hydrogen (secondary N) is 2. The molecule has 0 fully saturated rings. The molecular formula is C17H12N8O. The van der Waals surface area contributed by atoms with Gasteiger partial charge in [0.05, 0.1) is 0 Å². The molecule has 0 saturated carbocycles. The van der Waals surface area contributed by atoms with Crippen LogP contribution in [-0.2, 0) is 0 Å². The topological polar surface area (TPSA) is 122 Å². The summed E-state index contributed by atoms with van der Waals surface area (Å²) in [6, 6.07) is 12.4. The highest BCUT2D eigenvalue weighted by molar-refractivity contribution is 6.03. The molecule has 4 rings (SSSR count). The number of carbonyl (C=O) groups excluding carboxylic acids is 1. The number of carbonyl (C=O) groups is 1. The first kappa shape index (κ1) is 15.5. The zero-order valence-corrected chi connectivity index (χ0v) is 13.4. The van der Waals surface area contributed by atoms with Gasteiger partial charge in [-0.05, 0) is 46.3 Å². The Bertz CT molecular complexity index is 1030. The van der Waals surface area contributed by atoms with E-state index in [-0.39, 0.29) is 11.6 Å². The molecule has 0 aromatic carbocycles. The van der Waals surface area contributed by atoms with Gasteiger partial charge in [-0.1, -0.05) is 12.1 Å². The number of H-pyrrole nitrogens is 1. The lowest BCUT2D eigenvalue weighted by Gasteiger charge is -2.06. The van der Waals surface area contributed by atoms with Crippen molar-refractivity contribution < 1.29 is 4.79 Å². The van der Waals surface area contributed by atoms with Gasteiger partial charge in [0, 0.05) is 24.2 Å². The Labute approximate surface area is 147 Å². The molecule has 9 nitrogen and oxygen atoms in total. The molecule has 0 unspecified atom stereocenters. The van der Waals surface area contributed by atoms with Crippen LogP contribution in [-0.4, -0.2) is 41.5 Å². The maximum absolute atomic E-state index is 12.5. The van der Waals surface area contributed by atoms with Crippen LogP contribution in [0.1, 0.15) is 10.5 Å². The summed E-state index contributed by atoms with van der Waals surface area (Å²) in [5.74, 6) is 0.423. The second kappa shape index (κ2) is 6.85. The number of aromatic nitrogens is 7. The average Bonchev–Trinajstić information content (AvgIpc) is 3.24. The summed E-state index contributed by atoms with van der Waals surface area (Å²) in [5.41, 5.74) is 2.55. The number of anilines is 1. The van der Waals surface area contributed by atoms with Gasteiger partial charge in [0.1, 0.15) is 17.2 Å². The van der Waals surface area contributed by atoms with E-state index in [1.165, 1.54) is 0 Å². The van der Waals surface area contributed by atoms with Crippen LogP contribution >= 0.6 is 0 Å². The van der Waals surface area contributed by atoms with E-state index < -0.39 is 0 Å².